The van der Waals surface area contributed by atoms with Crippen molar-refractivity contribution >= 4 is 28.5 Å². The van der Waals surface area contributed by atoms with E-state index in [1.807, 2.05) is 54.3 Å². The van der Waals surface area contributed by atoms with Crippen molar-refractivity contribution in [2.24, 2.45) is 5.92 Å². The number of carbonyl (C=O) groups excluding carboxylic acids is 2. The molecule has 0 atom stereocenters. The molecule has 0 spiro atoms. The highest BCUT2D eigenvalue weighted by atomic mass is 16.2. The van der Waals surface area contributed by atoms with Gasteiger partial charge in [0, 0.05) is 37.2 Å². The van der Waals surface area contributed by atoms with E-state index in [0.29, 0.717) is 17.9 Å². The molecular formula is C31H34N4O2. The average Bonchev–Trinajstić information content (AvgIpc) is 3.35. The minimum Gasteiger partial charge on any atom is -0.342 e. The van der Waals surface area contributed by atoms with Gasteiger partial charge in [0.25, 0.3) is 5.91 Å². The van der Waals surface area contributed by atoms with Crippen molar-refractivity contribution in [3.63, 3.8) is 0 Å². The molecule has 190 valence electrons. The van der Waals surface area contributed by atoms with Crippen LogP contribution < -0.4 is 5.32 Å². The van der Waals surface area contributed by atoms with Crippen LogP contribution in [0, 0.1) is 5.92 Å². The van der Waals surface area contributed by atoms with Crippen LogP contribution in [-0.2, 0) is 24.1 Å². The molecule has 5 rings (SSSR count). The number of fused-ring (bicyclic) bond motifs is 1. The predicted octanol–water partition coefficient (Wildman–Crippen LogP) is 5.79. The Kier molecular flexibility index (Phi) is 7.64. The van der Waals surface area contributed by atoms with E-state index in [4.69, 9.17) is 4.98 Å². The van der Waals surface area contributed by atoms with Crippen molar-refractivity contribution < 1.29 is 9.59 Å². The number of nitrogens with one attached hydrogen (secondary N) is 2. The summed E-state index contributed by atoms with van der Waals surface area (Å²) in [5, 5.41) is 2.87. The Balaban J connectivity index is 1.16. The van der Waals surface area contributed by atoms with Crippen molar-refractivity contribution in [2.75, 3.05) is 18.4 Å². The number of rotatable bonds is 8. The summed E-state index contributed by atoms with van der Waals surface area (Å²) in [6.07, 6.45) is 5.25. The van der Waals surface area contributed by atoms with Crippen molar-refractivity contribution in [3.8, 4) is 0 Å². The summed E-state index contributed by atoms with van der Waals surface area (Å²) in [4.78, 5) is 34.9. The number of aromatic nitrogens is 2. The number of hydrogen-bond acceptors (Lipinski definition) is 3. The van der Waals surface area contributed by atoms with E-state index in [0.717, 1.165) is 67.7 Å². The van der Waals surface area contributed by atoms with Crippen molar-refractivity contribution in [3.05, 3.63) is 95.3 Å². The summed E-state index contributed by atoms with van der Waals surface area (Å²) >= 11 is 0. The van der Waals surface area contributed by atoms with Crippen molar-refractivity contribution in [1.29, 1.82) is 0 Å². The van der Waals surface area contributed by atoms with E-state index in [1.54, 1.807) is 0 Å². The molecule has 0 aliphatic carbocycles. The summed E-state index contributed by atoms with van der Waals surface area (Å²) in [5.74, 6) is 1.66. The van der Waals surface area contributed by atoms with Gasteiger partial charge in [-0.15, -0.1) is 0 Å². The molecule has 0 radical (unpaired) electrons. The molecule has 1 fully saturated rings. The largest absolute Gasteiger partial charge is 0.342 e. The van der Waals surface area contributed by atoms with Gasteiger partial charge in [-0.3, -0.25) is 9.59 Å². The van der Waals surface area contributed by atoms with Gasteiger partial charge in [0.05, 0.1) is 11.0 Å². The van der Waals surface area contributed by atoms with E-state index in [-0.39, 0.29) is 11.8 Å². The maximum absolute atomic E-state index is 13.2. The number of likely N-dealkylation sites (tertiary alicyclic amines) is 1. The molecule has 6 heteroatoms. The molecule has 1 aliphatic heterocycles. The van der Waals surface area contributed by atoms with Crippen LogP contribution in [0.25, 0.3) is 11.0 Å². The Hall–Kier alpha value is -3.93. The number of carbonyl (C=O) groups is 2. The third kappa shape index (κ3) is 6.26. The summed E-state index contributed by atoms with van der Waals surface area (Å²) in [6.45, 7) is 3.46. The lowest BCUT2D eigenvalue weighted by Crippen LogP contribution is -2.38. The van der Waals surface area contributed by atoms with E-state index < -0.39 is 0 Å². The second-order valence-corrected chi connectivity index (χ2v) is 9.94. The molecule has 2 amide bonds. The lowest BCUT2D eigenvalue weighted by molar-refractivity contribution is -0.115. The van der Waals surface area contributed by atoms with Crippen LogP contribution in [0.1, 0.15) is 53.5 Å². The first-order chi connectivity index (χ1) is 18.1. The summed E-state index contributed by atoms with van der Waals surface area (Å²) in [6, 6.07) is 24.3. The van der Waals surface area contributed by atoms with Crippen LogP contribution in [0.3, 0.4) is 0 Å². The van der Waals surface area contributed by atoms with Crippen LogP contribution >= 0.6 is 0 Å². The zero-order valence-corrected chi connectivity index (χ0v) is 21.4. The lowest BCUT2D eigenvalue weighted by atomic mass is 9.90. The molecular weight excluding hydrogens is 460 g/mol. The van der Waals surface area contributed by atoms with E-state index >= 15 is 0 Å². The molecule has 37 heavy (non-hydrogen) atoms. The van der Waals surface area contributed by atoms with Crippen molar-refractivity contribution in [1.82, 2.24) is 14.9 Å². The van der Waals surface area contributed by atoms with Crippen LogP contribution in [0.2, 0.25) is 0 Å². The van der Waals surface area contributed by atoms with Crippen molar-refractivity contribution in [2.45, 2.75) is 45.4 Å². The molecule has 3 aromatic carbocycles. The van der Waals surface area contributed by atoms with Gasteiger partial charge in [-0.1, -0.05) is 49.4 Å². The molecule has 4 aromatic rings. The summed E-state index contributed by atoms with van der Waals surface area (Å²) in [5.41, 5.74) is 5.88. The molecule has 1 aromatic heterocycles. The Bertz CT molecular complexity index is 1350. The smallest absolute Gasteiger partial charge is 0.253 e. The first-order valence-electron chi connectivity index (χ1n) is 13.3. The number of imidazole rings is 1. The molecule has 2 N–H and O–H groups in total. The average molecular weight is 495 g/mol. The van der Waals surface area contributed by atoms with Crippen LogP contribution in [0.15, 0.2) is 72.8 Å². The van der Waals surface area contributed by atoms with Gasteiger partial charge in [-0.2, -0.15) is 0 Å². The molecule has 0 bridgehead atoms. The maximum Gasteiger partial charge on any atom is 0.253 e. The Morgan fingerprint density at radius 3 is 2.43 bits per heavy atom. The number of anilines is 1. The van der Waals surface area contributed by atoms with E-state index in [1.165, 1.54) is 11.1 Å². The normalized spacial score (nSPS) is 14.1. The zero-order chi connectivity index (χ0) is 25.6. The minimum atomic E-state index is 0.0143. The number of piperidine rings is 1. The first-order valence-corrected chi connectivity index (χ1v) is 13.3. The quantitative estimate of drug-likeness (QED) is 0.325. The van der Waals surface area contributed by atoms with Gasteiger partial charge < -0.3 is 15.2 Å². The van der Waals surface area contributed by atoms with Gasteiger partial charge in [-0.05, 0) is 73.1 Å². The molecule has 6 nitrogen and oxygen atoms in total. The second-order valence-electron chi connectivity index (χ2n) is 9.94. The first kappa shape index (κ1) is 24.8. The van der Waals surface area contributed by atoms with E-state index in [9.17, 15) is 9.59 Å². The SMILES string of the molecule is CCC(=O)Nc1ccc(CCc2nc3ccc(C(=O)N4CCC(Cc5ccccc5)CC4)cc3[nH]2)cc1. The Morgan fingerprint density at radius 2 is 1.70 bits per heavy atom. The highest BCUT2D eigenvalue weighted by Crippen LogP contribution is 2.24. The summed E-state index contributed by atoms with van der Waals surface area (Å²) < 4.78 is 0. The number of aromatic amines is 1. The number of amides is 2. The second kappa shape index (κ2) is 11.4. The summed E-state index contributed by atoms with van der Waals surface area (Å²) in [7, 11) is 0. The topological polar surface area (TPSA) is 78.1 Å². The third-order valence-corrected chi connectivity index (χ3v) is 7.26. The van der Waals surface area contributed by atoms with Crippen LogP contribution in [0.5, 0.6) is 0 Å². The fraction of sp³-hybridized carbons (Fsp3) is 0.323. The van der Waals surface area contributed by atoms with Gasteiger partial charge in [0.1, 0.15) is 5.82 Å². The molecule has 2 heterocycles. The molecule has 0 saturated carbocycles. The third-order valence-electron chi connectivity index (χ3n) is 7.26. The fourth-order valence-corrected chi connectivity index (χ4v) is 5.05. The van der Waals surface area contributed by atoms with Gasteiger partial charge >= 0.3 is 0 Å². The van der Waals surface area contributed by atoms with Crippen LogP contribution in [-0.4, -0.2) is 39.8 Å². The number of nitrogens with zero attached hydrogens (tertiary/aromatic N) is 2. The molecule has 1 aliphatic rings. The fourth-order valence-electron chi connectivity index (χ4n) is 5.05. The van der Waals surface area contributed by atoms with Gasteiger partial charge in [0.15, 0.2) is 0 Å². The number of aryl methyl sites for hydroxylation is 2. The van der Waals surface area contributed by atoms with Gasteiger partial charge in [-0.25, -0.2) is 4.98 Å². The lowest BCUT2D eigenvalue weighted by Gasteiger charge is -2.32. The zero-order valence-electron chi connectivity index (χ0n) is 21.4. The Labute approximate surface area is 218 Å². The highest BCUT2D eigenvalue weighted by molar-refractivity contribution is 5.97. The molecule has 1 saturated heterocycles. The minimum absolute atomic E-state index is 0.0143. The number of H-pyrrole nitrogens is 1. The number of benzene rings is 3. The molecule has 0 unspecified atom stereocenters. The van der Waals surface area contributed by atoms with Gasteiger partial charge in [0.2, 0.25) is 5.91 Å². The number of hydrogen-bond donors (Lipinski definition) is 2. The highest BCUT2D eigenvalue weighted by Gasteiger charge is 2.24. The van der Waals surface area contributed by atoms with Crippen LogP contribution in [0.4, 0.5) is 5.69 Å². The van der Waals surface area contributed by atoms with E-state index in [2.05, 4.69) is 40.6 Å². The maximum atomic E-state index is 13.2. The monoisotopic (exact) mass is 494 g/mol. The standard InChI is InChI=1S/C31H34N4O2/c1-2-30(36)32-26-12-8-22(9-13-26)10-15-29-33-27-14-11-25(21-28(27)34-29)31(37)35-18-16-24(17-19-35)20-23-6-4-3-5-7-23/h3-9,11-14,21,24H,2,10,15-20H2,1H3,(H,32,36)(H,33,34). The Morgan fingerprint density at radius 1 is 0.946 bits per heavy atom. The predicted molar refractivity (Wildman–Crippen MR) is 148 cm³/mol.